The minimum Gasteiger partial charge on any atom is -0.530 e. The van der Waals surface area contributed by atoms with Gasteiger partial charge in [-0.1, -0.05) is 13.8 Å². The molecule has 1 aliphatic heterocycles. The fraction of sp³-hybridized carbons (Fsp3) is 0.917. The van der Waals surface area contributed by atoms with Crippen molar-refractivity contribution in [3.8, 4) is 0 Å². The van der Waals surface area contributed by atoms with Crippen LogP contribution in [-0.2, 0) is 0 Å². The Hall–Kier alpha value is -0.770. The van der Waals surface area contributed by atoms with Crippen molar-refractivity contribution >= 4 is 6.09 Å². The van der Waals surface area contributed by atoms with Crippen LogP contribution < -0.4 is 5.11 Å². The number of likely N-dealkylation sites (tertiary alicyclic amines) is 1. The van der Waals surface area contributed by atoms with E-state index in [0.717, 1.165) is 25.7 Å². The molecule has 4 heteroatoms. The highest BCUT2D eigenvalue weighted by Crippen LogP contribution is 2.28. The Morgan fingerprint density at radius 2 is 2.19 bits per heavy atom. The molecule has 0 aromatic carbocycles. The molecule has 4 nitrogen and oxygen atoms in total. The summed E-state index contributed by atoms with van der Waals surface area (Å²) >= 11 is 0. The summed E-state index contributed by atoms with van der Waals surface area (Å²) in [6.45, 7) is 4.92. The van der Waals surface area contributed by atoms with Crippen molar-refractivity contribution < 1.29 is 15.0 Å². The van der Waals surface area contributed by atoms with Gasteiger partial charge in [0.2, 0.25) is 0 Å². The zero-order valence-electron chi connectivity index (χ0n) is 10.2. The number of aliphatic hydroxyl groups excluding tert-OH is 1. The molecule has 16 heavy (non-hydrogen) atoms. The summed E-state index contributed by atoms with van der Waals surface area (Å²) in [5, 5.41) is 19.9. The first-order chi connectivity index (χ1) is 7.57. The van der Waals surface area contributed by atoms with Gasteiger partial charge in [0, 0.05) is 19.2 Å². The standard InChI is InChI=1S/C12H23NO3/c1-9(6-8-14)10(2)11-5-3-4-7-13(11)12(15)16/h9-11,14H,3-8H2,1-2H3,(H,15,16)/p-1. The van der Waals surface area contributed by atoms with Gasteiger partial charge in [0.25, 0.3) is 0 Å². The maximum absolute atomic E-state index is 11.0. The minimum atomic E-state index is -1.05. The molecule has 0 spiro atoms. The van der Waals surface area contributed by atoms with E-state index in [2.05, 4.69) is 13.8 Å². The Morgan fingerprint density at radius 1 is 1.50 bits per heavy atom. The topological polar surface area (TPSA) is 63.6 Å². The lowest BCUT2D eigenvalue weighted by atomic mass is 9.82. The van der Waals surface area contributed by atoms with Gasteiger partial charge in [0.15, 0.2) is 0 Å². The number of aliphatic hydroxyl groups is 1. The van der Waals surface area contributed by atoms with Gasteiger partial charge in [-0.25, -0.2) is 0 Å². The van der Waals surface area contributed by atoms with Crippen molar-refractivity contribution in [3.63, 3.8) is 0 Å². The van der Waals surface area contributed by atoms with Gasteiger partial charge in [-0.05, 0) is 37.5 Å². The summed E-state index contributed by atoms with van der Waals surface area (Å²) < 4.78 is 0. The molecule has 0 bridgehead atoms. The maximum atomic E-state index is 11.0. The molecule has 1 aliphatic rings. The number of carbonyl (C=O) groups is 1. The smallest absolute Gasteiger partial charge is 0.137 e. The monoisotopic (exact) mass is 228 g/mol. The number of hydrogen-bond donors (Lipinski definition) is 1. The van der Waals surface area contributed by atoms with E-state index in [0.29, 0.717) is 12.5 Å². The van der Waals surface area contributed by atoms with Crippen LogP contribution in [0.3, 0.4) is 0 Å². The molecule has 1 fully saturated rings. The molecule has 1 saturated heterocycles. The Kier molecular flexibility index (Phi) is 5.06. The Balaban J connectivity index is 2.63. The van der Waals surface area contributed by atoms with Crippen LogP contribution in [0.25, 0.3) is 0 Å². The van der Waals surface area contributed by atoms with Gasteiger partial charge in [-0.2, -0.15) is 0 Å². The largest absolute Gasteiger partial charge is 0.530 e. The second kappa shape index (κ2) is 6.09. The molecular weight excluding hydrogens is 206 g/mol. The van der Waals surface area contributed by atoms with Gasteiger partial charge in [0.1, 0.15) is 6.09 Å². The number of carbonyl (C=O) groups excluding carboxylic acids is 1. The third-order valence-electron chi connectivity index (χ3n) is 3.87. The number of carboxylic acid groups (broad SMARTS) is 1. The first kappa shape index (κ1) is 13.3. The van der Waals surface area contributed by atoms with E-state index in [1.54, 1.807) is 0 Å². The summed E-state index contributed by atoms with van der Waals surface area (Å²) in [4.78, 5) is 12.5. The van der Waals surface area contributed by atoms with Crippen molar-refractivity contribution in [2.24, 2.45) is 11.8 Å². The van der Waals surface area contributed by atoms with Crippen molar-refractivity contribution in [2.45, 2.75) is 45.6 Å². The van der Waals surface area contributed by atoms with E-state index in [1.807, 2.05) is 0 Å². The molecule has 0 radical (unpaired) electrons. The molecule has 94 valence electrons. The van der Waals surface area contributed by atoms with Crippen molar-refractivity contribution in [3.05, 3.63) is 0 Å². The molecule has 0 aliphatic carbocycles. The van der Waals surface area contributed by atoms with Crippen molar-refractivity contribution in [1.29, 1.82) is 0 Å². The summed E-state index contributed by atoms with van der Waals surface area (Å²) in [6, 6.07) is 0.0697. The highest BCUT2D eigenvalue weighted by atomic mass is 16.4. The zero-order valence-corrected chi connectivity index (χ0v) is 10.2. The van der Waals surface area contributed by atoms with Crippen LogP contribution in [0.2, 0.25) is 0 Å². The van der Waals surface area contributed by atoms with Crippen LogP contribution in [0.5, 0.6) is 0 Å². The third-order valence-corrected chi connectivity index (χ3v) is 3.87. The van der Waals surface area contributed by atoms with Crippen molar-refractivity contribution in [1.82, 2.24) is 4.90 Å². The SMILES string of the molecule is CC(CCO)C(C)C1CCCCN1C(=O)[O-]. The minimum absolute atomic E-state index is 0.0697. The van der Waals surface area contributed by atoms with Crippen LogP contribution in [0, 0.1) is 11.8 Å². The quantitative estimate of drug-likeness (QED) is 0.775. The maximum Gasteiger partial charge on any atom is 0.137 e. The molecule has 3 atom stereocenters. The number of piperidine rings is 1. The molecule has 0 saturated carbocycles. The average Bonchev–Trinajstić information content (AvgIpc) is 2.28. The number of rotatable bonds is 4. The molecule has 1 N–H and O–H groups in total. The molecule has 1 heterocycles. The summed E-state index contributed by atoms with van der Waals surface area (Å²) in [5.74, 6) is 0.625. The van der Waals surface area contributed by atoms with E-state index in [1.165, 1.54) is 4.90 Å². The molecule has 1 amide bonds. The molecule has 3 unspecified atom stereocenters. The highest BCUT2D eigenvalue weighted by molar-refractivity contribution is 5.63. The summed E-state index contributed by atoms with van der Waals surface area (Å²) in [6.07, 6.45) is 2.63. The highest BCUT2D eigenvalue weighted by Gasteiger charge is 2.29. The lowest BCUT2D eigenvalue weighted by molar-refractivity contribution is -0.270. The second-order valence-corrected chi connectivity index (χ2v) is 4.87. The molecular formula is C12H22NO3-. The van der Waals surface area contributed by atoms with Crippen LogP contribution in [0.1, 0.15) is 39.5 Å². The van der Waals surface area contributed by atoms with Gasteiger partial charge in [-0.3, -0.25) is 0 Å². The Labute approximate surface area is 97.3 Å². The van der Waals surface area contributed by atoms with E-state index in [9.17, 15) is 9.90 Å². The third kappa shape index (κ3) is 3.11. The lowest BCUT2D eigenvalue weighted by Crippen LogP contribution is -2.53. The summed E-state index contributed by atoms with van der Waals surface area (Å²) in [7, 11) is 0. The van der Waals surface area contributed by atoms with E-state index >= 15 is 0 Å². The molecule has 0 aromatic heterocycles. The van der Waals surface area contributed by atoms with Gasteiger partial charge < -0.3 is 19.9 Å². The predicted octanol–water partition coefficient (Wildman–Crippen LogP) is 0.839. The van der Waals surface area contributed by atoms with Crippen LogP contribution in [0.4, 0.5) is 4.79 Å². The predicted molar refractivity (Wildman–Crippen MR) is 59.8 cm³/mol. The number of nitrogens with zero attached hydrogens (tertiary/aromatic N) is 1. The fourth-order valence-corrected chi connectivity index (χ4v) is 2.58. The van der Waals surface area contributed by atoms with Crippen molar-refractivity contribution in [2.75, 3.05) is 13.2 Å². The Morgan fingerprint density at radius 3 is 2.75 bits per heavy atom. The second-order valence-electron chi connectivity index (χ2n) is 4.87. The zero-order chi connectivity index (χ0) is 12.1. The van der Waals surface area contributed by atoms with Gasteiger partial charge in [-0.15, -0.1) is 0 Å². The van der Waals surface area contributed by atoms with Crippen LogP contribution in [0.15, 0.2) is 0 Å². The van der Waals surface area contributed by atoms with E-state index < -0.39 is 6.09 Å². The van der Waals surface area contributed by atoms with Gasteiger partial charge in [0.05, 0.1) is 0 Å². The van der Waals surface area contributed by atoms with Crippen LogP contribution >= 0.6 is 0 Å². The number of hydrogen-bond acceptors (Lipinski definition) is 3. The summed E-state index contributed by atoms with van der Waals surface area (Å²) in [5.41, 5.74) is 0. The first-order valence-corrected chi connectivity index (χ1v) is 6.16. The van der Waals surface area contributed by atoms with Crippen LogP contribution in [-0.4, -0.2) is 35.3 Å². The fourth-order valence-electron chi connectivity index (χ4n) is 2.58. The molecule has 0 aromatic rings. The van der Waals surface area contributed by atoms with E-state index in [4.69, 9.17) is 5.11 Å². The normalized spacial score (nSPS) is 25.2. The lowest BCUT2D eigenvalue weighted by Gasteiger charge is -2.42. The molecule has 1 rings (SSSR count). The van der Waals surface area contributed by atoms with E-state index in [-0.39, 0.29) is 18.6 Å². The number of amides is 1. The van der Waals surface area contributed by atoms with Gasteiger partial charge >= 0.3 is 0 Å². The Bertz CT molecular complexity index is 232. The average molecular weight is 228 g/mol. The first-order valence-electron chi connectivity index (χ1n) is 6.16.